The summed E-state index contributed by atoms with van der Waals surface area (Å²) in [4.78, 5) is 17.1. The van der Waals surface area contributed by atoms with Gasteiger partial charge < -0.3 is 5.32 Å². The molecule has 3 aromatic rings. The summed E-state index contributed by atoms with van der Waals surface area (Å²) in [5.41, 5.74) is 0.952. The summed E-state index contributed by atoms with van der Waals surface area (Å²) in [7, 11) is 0. The van der Waals surface area contributed by atoms with E-state index in [0.717, 1.165) is 18.2 Å². The maximum Gasteiger partial charge on any atom is 0.258 e. The van der Waals surface area contributed by atoms with Gasteiger partial charge in [0, 0.05) is 42.3 Å². The Bertz CT molecular complexity index is 1100. The number of pyridine rings is 1. The predicted molar refractivity (Wildman–Crippen MR) is 107 cm³/mol. The number of aromatic amines is 1. The topological polar surface area (TPSA) is 70.7 Å². The minimum Gasteiger partial charge on any atom is -0.320 e. The number of H-pyrrole nitrogens is 1. The van der Waals surface area contributed by atoms with Crippen LogP contribution in [0.3, 0.4) is 0 Å². The fourth-order valence-corrected chi connectivity index (χ4v) is 4.15. The molecule has 2 aromatic heterocycles. The Kier molecular flexibility index (Phi) is 5.51. The van der Waals surface area contributed by atoms with E-state index >= 15 is 0 Å². The molecule has 2 atom stereocenters. The third kappa shape index (κ3) is 4.30. The first kappa shape index (κ1) is 21.0. The number of aromatic nitrogens is 3. The van der Waals surface area contributed by atoms with Crippen LogP contribution in [0, 0.1) is 17.6 Å². The molecule has 31 heavy (non-hydrogen) atoms. The summed E-state index contributed by atoms with van der Waals surface area (Å²) in [6.07, 6.45) is 3.66. The van der Waals surface area contributed by atoms with Crippen molar-refractivity contribution in [2.24, 2.45) is 5.92 Å². The summed E-state index contributed by atoms with van der Waals surface area (Å²) >= 11 is 0. The first-order valence-corrected chi connectivity index (χ1v) is 9.87. The Morgan fingerprint density at radius 1 is 1.23 bits per heavy atom. The lowest BCUT2D eigenvalue weighted by atomic mass is 9.75. The van der Waals surface area contributed by atoms with Gasteiger partial charge >= 0.3 is 0 Å². The number of carbonyl (C=O) groups is 1. The first-order valence-electron chi connectivity index (χ1n) is 9.87. The van der Waals surface area contributed by atoms with Gasteiger partial charge in [-0.25, -0.2) is 17.6 Å². The van der Waals surface area contributed by atoms with Crippen LogP contribution in [0.25, 0.3) is 11.1 Å². The molecular formula is C22H20F4N4O. The fourth-order valence-electron chi connectivity index (χ4n) is 4.15. The second kappa shape index (κ2) is 8.13. The number of carbonyl (C=O) groups excluding carboxylic acids is 1. The van der Waals surface area contributed by atoms with Crippen molar-refractivity contribution in [3.8, 4) is 11.1 Å². The molecule has 0 bridgehead atoms. The fraction of sp³-hybridized carbons (Fsp3) is 0.318. The molecule has 4 rings (SSSR count). The number of anilines is 1. The second-order valence-electron chi connectivity index (χ2n) is 7.87. The number of rotatable bonds is 4. The zero-order valence-corrected chi connectivity index (χ0v) is 16.6. The molecule has 1 unspecified atom stereocenters. The van der Waals surface area contributed by atoms with Gasteiger partial charge in [-0.15, -0.1) is 0 Å². The average Bonchev–Trinajstić information content (AvgIpc) is 3.25. The number of nitrogens with one attached hydrogen (secondary N) is 2. The average molecular weight is 432 g/mol. The van der Waals surface area contributed by atoms with E-state index in [1.165, 1.54) is 24.7 Å². The van der Waals surface area contributed by atoms with Crippen molar-refractivity contribution < 1.29 is 22.4 Å². The number of hydrogen-bond donors (Lipinski definition) is 2. The number of benzene rings is 1. The lowest BCUT2D eigenvalue weighted by molar-refractivity contribution is -0.0558. The minimum absolute atomic E-state index is 0.0556. The lowest BCUT2D eigenvalue weighted by Crippen LogP contribution is -2.31. The van der Waals surface area contributed by atoms with Crippen LogP contribution >= 0.6 is 0 Å². The highest BCUT2D eigenvalue weighted by molar-refractivity contribution is 6.06. The maximum absolute atomic E-state index is 14.6. The largest absolute Gasteiger partial charge is 0.320 e. The van der Waals surface area contributed by atoms with E-state index in [0.29, 0.717) is 5.69 Å². The summed E-state index contributed by atoms with van der Waals surface area (Å²) < 4.78 is 56.3. The molecule has 0 aliphatic heterocycles. The molecule has 1 amide bonds. The number of alkyl halides is 2. The number of hydrogen-bond acceptors (Lipinski definition) is 3. The van der Waals surface area contributed by atoms with E-state index in [-0.39, 0.29) is 47.6 Å². The molecule has 1 fully saturated rings. The monoisotopic (exact) mass is 432 g/mol. The van der Waals surface area contributed by atoms with E-state index in [1.807, 2.05) is 0 Å². The van der Waals surface area contributed by atoms with Crippen molar-refractivity contribution in [2.75, 3.05) is 5.32 Å². The van der Waals surface area contributed by atoms with Crippen molar-refractivity contribution in [3.63, 3.8) is 0 Å². The summed E-state index contributed by atoms with van der Waals surface area (Å²) in [5, 5.41) is 9.00. The van der Waals surface area contributed by atoms with Crippen LogP contribution in [0.2, 0.25) is 0 Å². The van der Waals surface area contributed by atoms with Gasteiger partial charge in [-0.2, -0.15) is 5.10 Å². The standard InChI is InChI=1S/C22H20F4N4O/c1-12-9-22(25,26)6-4-15(12)19-20(30-21(31)13-10-28-29-11-13)16(5-7-27-19)17-8-14(23)2-3-18(17)24/h2-3,5,7-8,10-12,15H,4,6,9H2,1H3,(H,28,29)(H,30,31)/t12-,15?/m1/s1. The maximum atomic E-state index is 14.6. The molecule has 1 aliphatic carbocycles. The van der Waals surface area contributed by atoms with Crippen LogP contribution in [0.15, 0.2) is 42.9 Å². The van der Waals surface area contributed by atoms with E-state index in [9.17, 15) is 22.4 Å². The highest BCUT2D eigenvalue weighted by Gasteiger charge is 2.41. The molecule has 5 nitrogen and oxygen atoms in total. The lowest BCUT2D eigenvalue weighted by Gasteiger charge is -2.34. The van der Waals surface area contributed by atoms with Gasteiger partial charge in [0.1, 0.15) is 11.6 Å². The van der Waals surface area contributed by atoms with Gasteiger partial charge in [-0.05, 0) is 36.6 Å². The summed E-state index contributed by atoms with van der Waals surface area (Å²) in [6, 6.07) is 4.49. The van der Waals surface area contributed by atoms with E-state index < -0.39 is 29.4 Å². The normalized spacial score (nSPS) is 20.4. The number of nitrogens with zero attached hydrogens (tertiary/aromatic N) is 2. The quantitative estimate of drug-likeness (QED) is 0.532. The van der Waals surface area contributed by atoms with Crippen LogP contribution in [-0.4, -0.2) is 27.0 Å². The highest BCUT2D eigenvalue weighted by atomic mass is 19.3. The third-order valence-corrected chi connectivity index (χ3v) is 5.68. The highest BCUT2D eigenvalue weighted by Crippen LogP contribution is 2.47. The first-order chi connectivity index (χ1) is 14.7. The van der Waals surface area contributed by atoms with E-state index in [1.54, 1.807) is 6.92 Å². The molecule has 1 aliphatic rings. The molecule has 162 valence electrons. The van der Waals surface area contributed by atoms with Gasteiger partial charge in [0.15, 0.2) is 0 Å². The second-order valence-corrected chi connectivity index (χ2v) is 7.87. The number of halogens is 4. The predicted octanol–water partition coefficient (Wildman–Crippen LogP) is 5.54. The Balaban J connectivity index is 1.83. The van der Waals surface area contributed by atoms with E-state index in [4.69, 9.17) is 0 Å². The van der Waals surface area contributed by atoms with Crippen LogP contribution in [0.4, 0.5) is 23.2 Å². The van der Waals surface area contributed by atoms with Crippen LogP contribution in [0.1, 0.15) is 48.2 Å². The van der Waals surface area contributed by atoms with Gasteiger partial charge in [-0.1, -0.05) is 6.92 Å². The zero-order chi connectivity index (χ0) is 22.2. The van der Waals surface area contributed by atoms with Gasteiger partial charge in [0.05, 0.1) is 23.1 Å². The smallest absolute Gasteiger partial charge is 0.258 e. The molecule has 1 saturated carbocycles. The molecule has 0 saturated heterocycles. The van der Waals surface area contributed by atoms with E-state index in [2.05, 4.69) is 20.5 Å². The molecule has 9 heteroatoms. The molecule has 2 N–H and O–H groups in total. The van der Waals surface area contributed by atoms with Crippen molar-refractivity contribution in [1.82, 2.24) is 15.2 Å². The molecule has 1 aromatic carbocycles. The Labute approximate surface area is 175 Å². The summed E-state index contributed by atoms with van der Waals surface area (Å²) in [5.74, 6) is -5.42. The Hall–Kier alpha value is -3.23. The van der Waals surface area contributed by atoms with Gasteiger partial charge in [0.2, 0.25) is 5.92 Å². The molecule has 0 spiro atoms. The van der Waals surface area contributed by atoms with Crippen molar-refractivity contribution in [1.29, 1.82) is 0 Å². The summed E-state index contributed by atoms with van der Waals surface area (Å²) in [6.45, 7) is 1.70. The SMILES string of the molecule is C[C@@H]1CC(F)(F)CCC1c1nccc(-c2cc(F)ccc2F)c1NC(=O)c1cn[nH]c1. The van der Waals surface area contributed by atoms with Crippen molar-refractivity contribution in [2.45, 2.75) is 38.0 Å². The Morgan fingerprint density at radius 3 is 2.74 bits per heavy atom. The van der Waals surface area contributed by atoms with Crippen LogP contribution in [-0.2, 0) is 0 Å². The Morgan fingerprint density at radius 2 is 2.03 bits per heavy atom. The minimum atomic E-state index is -2.76. The van der Waals surface area contributed by atoms with Crippen LogP contribution in [0.5, 0.6) is 0 Å². The third-order valence-electron chi connectivity index (χ3n) is 5.68. The molecule has 0 radical (unpaired) electrons. The number of amides is 1. The molecule has 2 heterocycles. The van der Waals surface area contributed by atoms with Gasteiger partial charge in [0.25, 0.3) is 5.91 Å². The van der Waals surface area contributed by atoms with Crippen molar-refractivity contribution in [3.05, 3.63) is 65.7 Å². The zero-order valence-electron chi connectivity index (χ0n) is 16.6. The molecular weight excluding hydrogens is 412 g/mol. The van der Waals surface area contributed by atoms with Crippen LogP contribution < -0.4 is 5.32 Å². The van der Waals surface area contributed by atoms with Gasteiger partial charge in [-0.3, -0.25) is 14.9 Å². The van der Waals surface area contributed by atoms with Crippen molar-refractivity contribution >= 4 is 11.6 Å².